The van der Waals surface area contributed by atoms with Gasteiger partial charge in [0.25, 0.3) is 5.91 Å². The number of aliphatic imine (C=N–C) groups is 1. The van der Waals surface area contributed by atoms with Crippen LogP contribution in [0.3, 0.4) is 0 Å². The van der Waals surface area contributed by atoms with Crippen LogP contribution in [0, 0.1) is 12.3 Å². The first-order chi connectivity index (χ1) is 17.4. The molecule has 8 nitrogen and oxygen atoms in total. The Labute approximate surface area is 219 Å². The Bertz CT molecular complexity index is 1260. The predicted octanol–water partition coefficient (Wildman–Crippen LogP) is 5.92. The van der Waals surface area contributed by atoms with Crippen LogP contribution in [-0.4, -0.2) is 47.3 Å². The minimum absolute atomic E-state index is 0.0207. The van der Waals surface area contributed by atoms with Crippen molar-refractivity contribution < 1.29 is 19.0 Å². The summed E-state index contributed by atoms with van der Waals surface area (Å²) in [7, 11) is 1.51. The SMILES string of the molecule is CCCCC1=NN2C(=N)/C(=C/c3cc(Cl)c(OCCOc4ccc(C)cc4)c(OC)c3)C(=O)N=C2S1. The van der Waals surface area contributed by atoms with Crippen LogP contribution >= 0.6 is 23.4 Å². The molecule has 10 heteroatoms. The van der Waals surface area contributed by atoms with Crippen molar-refractivity contribution in [2.45, 2.75) is 33.1 Å². The van der Waals surface area contributed by atoms with Gasteiger partial charge in [-0.05, 0) is 67.4 Å². The van der Waals surface area contributed by atoms with Crippen LogP contribution in [0.1, 0.15) is 37.3 Å². The van der Waals surface area contributed by atoms with Gasteiger partial charge >= 0.3 is 0 Å². The van der Waals surface area contributed by atoms with Gasteiger partial charge in [-0.25, -0.2) is 0 Å². The van der Waals surface area contributed by atoms with E-state index in [9.17, 15) is 4.79 Å². The molecule has 0 saturated heterocycles. The van der Waals surface area contributed by atoms with E-state index in [-0.39, 0.29) is 18.0 Å². The Balaban J connectivity index is 1.47. The normalized spacial score (nSPS) is 16.1. The van der Waals surface area contributed by atoms with Crippen LogP contribution in [0.5, 0.6) is 17.2 Å². The second-order valence-electron chi connectivity index (χ2n) is 8.16. The number of benzene rings is 2. The molecule has 2 heterocycles. The summed E-state index contributed by atoms with van der Waals surface area (Å²) >= 11 is 7.84. The van der Waals surface area contributed by atoms with Crippen LogP contribution in [0.15, 0.2) is 52.1 Å². The average molecular weight is 527 g/mol. The lowest BCUT2D eigenvalue weighted by atomic mass is 10.1. The number of methoxy groups -OCH3 is 1. The molecule has 4 rings (SSSR count). The summed E-state index contributed by atoms with van der Waals surface area (Å²) < 4.78 is 17.0. The molecule has 0 saturated carbocycles. The molecule has 0 bridgehead atoms. The number of aryl methyl sites for hydroxylation is 1. The van der Waals surface area contributed by atoms with Gasteiger partial charge < -0.3 is 14.2 Å². The van der Waals surface area contributed by atoms with Gasteiger partial charge in [-0.15, -0.1) is 0 Å². The van der Waals surface area contributed by atoms with Crippen LogP contribution < -0.4 is 14.2 Å². The van der Waals surface area contributed by atoms with Crippen molar-refractivity contribution in [1.29, 1.82) is 5.41 Å². The quantitative estimate of drug-likeness (QED) is 0.305. The summed E-state index contributed by atoms with van der Waals surface area (Å²) in [4.78, 5) is 16.8. The van der Waals surface area contributed by atoms with Crippen molar-refractivity contribution in [3.63, 3.8) is 0 Å². The van der Waals surface area contributed by atoms with Gasteiger partial charge in [0.15, 0.2) is 17.3 Å². The van der Waals surface area contributed by atoms with E-state index in [1.807, 2.05) is 31.2 Å². The lowest BCUT2D eigenvalue weighted by molar-refractivity contribution is -0.114. The first-order valence-corrected chi connectivity index (χ1v) is 12.8. The van der Waals surface area contributed by atoms with Gasteiger partial charge in [-0.3, -0.25) is 10.2 Å². The maximum Gasteiger partial charge on any atom is 0.283 e. The van der Waals surface area contributed by atoms with Crippen molar-refractivity contribution in [3.8, 4) is 17.2 Å². The molecule has 36 heavy (non-hydrogen) atoms. The summed E-state index contributed by atoms with van der Waals surface area (Å²) in [6.45, 7) is 4.71. The third kappa shape index (κ3) is 5.91. The van der Waals surface area contributed by atoms with Gasteiger partial charge in [0.1, 0.15) is 24.0 Å². The molecule has 0 fully saturated rings. The van der Waals surface area contributed by atoms with Crippen LogP contribution in [-0.2, 0) is 4.79 Å². The molecule has 2 aliphatic heterocycles. The average Bonchev–Trinajstić information content (AvgIpc) is 3.27. The van der Waals surface area contributed by atoms with Gasteiger partial charge in [0.05, 0.1) is 17.7 Å². The first-order valence-electron chi connectivity index (χ1n) is 11.6. The Hall–Kier alpha value is -3.30. The largest absolute Gasteiger partial charge is 0.493 e. The molecular weight excluding hydrogens is 500 g/mol. The van der Waals surface area contributed by atoms with Crippen molar-refractivity contribution in [2.75, 3.05) is 20.3 Å². The summed E-state index contributed by atoms with van der Waals surface area (Å²) in [6.07, 6.45) is 4.38. The summed E-state index contributed by atoms with van der Waals surface area (Å²) in [6, 6.07) is 11.1. The third-order valence-electron chi connectivity index (χ3n) is 5.42. The van der Waals surface area contributed by atoms with E-state index in [0.717, 1.165) is 35.6 Å². The van der Waals surface area contributed by atoms with E-state index < -0.39 is 5.91 Å². The van der Waals surface area contributed by atoms with Crippen molar-refractivity contribution in [3.05, 3.63) is 58.1 Å². The van der Waals surface area contributed by atoms with Gasteiger partial charge in [-0.1, -0.05) is 42.6 Å². The minimum atomic E-state index is -0.491. The topological polar surface area (TPSA) is 96.6 Å². The molecule has 0 radical (unpaired) electrons. The molecule has 2 aromatic rings. The number of fused-ring (bicyclic) bond motifs is 1. The fourth-order valence-corrected chi connectivity index (χ4v) is 4.73. The van der Waals surface area contributed by atoms with Crippen molar-refractivity contribution in [2.24, 2.45) is 10.1 Å². The molecule has 0 atom stereocenters. The van der Waals surface area contributed by atoms with E-state index >= 15 is 0 Å². The summed E-state index contributed by atoms with van der Waals surface area (Å²) in [5.74, 6) is 1.02. The molecule has 2 aromatic carbocycles. The number of amidine groups is 2. The molecule has 0 aliphatic carbocycles. The fraction of sp³-hybridized carbons (Fsp3) is 0.308. The molecule has 0 aromatic heterocycles. The van der Waals surface area contributed by atoms with Crippen molar-refractivity contribution in [1.82, 2.24) is 5.01 Å². The molecule has 0 spiro atoms. The molecule has 0 unspecified atom stereocenters. The molecule has 1 N–H and O–H groups in total. The monoisotopic (exact) mass is 526 g/mol. The molecule has 188 valence electrons. The highest BCUT2D eigenvalue weighted by Crippen LogP contribution is 2.38. The van der Waals surface area contributed by atoms with Gasteiger partial charge in [-0.2, -0.15) is 15.1 Å². The number of halogens is 1. The number of hydrazone groups is 1. The Kier molecular flexibility index (Phi) is 8.32. The zero-order chi connectivity index (χ0) is 25.7. The molecular formula is C26H27ClN4O4S. The van der Waals surface area contributed by atoms with E-state index in [1.54, 1.807) is 18.2 Å². The number of thioether (sulfide) groups is 1. The van der Waals surface area contributed by atoms with Crippen LogP contribution in [0.4, 0.5) is 0 Å². The van der Waals surface area contributed by atoms with Crippen molar-refractivity contribution >= 4 is 51.4 Å². The lowest BCUT2D eigenvalue weighted by Crippen LogP contribution is -2.35. The highest BCUT2D eigenvalue weighted by molar-refractivity contribution is 8.26. The number of amides is 1. The van der Waals surface area contributed by atoms with Gasteiger partial charge in [0.2, 0.25) is 5.17 Å². The Morgan fingerprint density at radius 2 is 1.92 bits per heavy atom. The second kappa shape index (κ2) is 11.6. The van der Waals surface area contributed by atoms with E-state index in [4.69, 9.17) is 31.2 Å². The zero-order valence-electron chi connectivity index (χ0n) is 20.3. The number of carbonyl (C=O) groups excluding carboxylic acids is 1. The van der Waals surface area contributed by atoms with E-state index in [2.05, 4.69) is 17.0 Å². The zero-order valence-corrected chi connectivity index (χ0v) is 21.9. The predicted molar refractivity (Wildman–Crippen MR) is 145 cm³/mol. The molecule has 2 aliphatic rings. The number of nitrogens with zero attached hydrogens (tertiary/aromatic N) is 3. The maximum absolute atomic E-state index is 12.7. The third-order valence-corrected chi connectivity index (χ3v) is 6.67. The lowest BCUT2D eigenvalue weighted by Gasteiger charge is -2.20. The van der Waals surface area contributed by atoms with E-state index in [0.29, 0.717) is 33.9 Å². The molecule has 1 amide bonds. The fourth-order valence-electron chi connectivity index (χ4n) is 3.53. The Morgan fingerprint density at radius 3 is 2.64 bits per heavy atom. The summed E-state index contributed by atoms with van der Waals surface area (Å²) in [5, 5.41) is 16.0. The number of unbranched alkanes of at least 4 members (excludes halogenated alkanes) is 1. The van der Waals surface area contributed by atoms with Crippen LogP contribution in [0.25, 0.3) is 6.08 Å². The highest BCUT2D eigenvalue weighted by atomic mass is 35.5. The second-order valence-corrected chi connectivity index (χ2v) is 9.61. The minimum Gasteiger partial charge on any atom is -0.493 e. The summed E-state index contributed by atoms with van der Waals surface area (Å²) in [5.41, 5.74) is 1.86. The highest BCUT2D eigenvalue weighted by Gasteiger charge is 2.35. The first kappa shape index (κ1) is 25.8. The number of hydrogen-bond donors (Lipinski definition) is 1. The maximum atomic E-state index is 12.7. The van der Waals surface area contributed by atoms with Crippen LogP contribution in [0.2, 0.25) is 5.02 Å². The number of ether oxygens (including phenoxy) is 3. The number of nitrogens with one attached hydrogen (secondary N) is 1. The van der Waals surface area contributed by atoms with Gasteiger partial charge in [0, 0.05) is 0 Å². The standard InChI is InChI=1S/C26H27ClN4O4S/c1-4-5-6-22-30-31-24(28)19(25(32)29-26(31)36-22)13-17-14-20(27)23(21(15-17)33-3)35-12-11-34-18-9-7-16(2)8-10-18/h7-10,13-15,28H,4-6,11-12H2,1-3H3/b19-13-,28-24?. The Morgan fingerprint density at radius 1 is 1.17 bits per heavy atom. The van der Waals surface area contributed by atoms with E-state index in [1.165, 1.54) is 23.9 Å². The smallest absolute Gasteiger partial charge is 0.283 e. The number of rotatable bonds is 10. The number of carbonyl (C=O) groups is 1. The number of hydrogen-bond acceptors (Lipinski definition) is 7.